The molecule has 4 nitrogen and oxygen atoms in total. The predicted octanol–water partition coefficient (Wildman–Crippen LogP) is 6.10. The highest BCUT2D eigenvalue weighted by molar-refractivity contribution is 5.89. The molecule has 0 saturated carbocycles. The Labute approximate surface area is 169 Å². The molecule has 0 radical (unpaired) electrons. The minimum absolute atomic E-state index is 0.179. The SMILES string of the molecule is CCCCC(CC)COCCCNC(=O)Nc1ccc(-c2ccccc2)cc1. The molecule has 2 aromatic carbocycles. The van der Waals surface area contributed by atoms with Crippen molar-refractivity contribution in [2.24, 2.45) is 5.92 Å². The van der Waals surface area contributed by atoms with Gasteiger partial charge in [-0.2, -0.15) is 0 Å². The van der Waals surface area contributed by atoms with Gasteiger partial charge in [0.25, 0.3) is 0 Å². The molecule has 28 heavy (non-hydrogen) atoms. The summed E-state index contributed by atoms with van der Waals surface area (Å²) in [7, 11) is 0. The van der Waals surface area contributed by atoms with Gasteiger partial charge >= 0.3 is 6.03 Å². The summed E-state index contributed by atoms with van der Waals surface area (Å²) < 4.78 is 5.77. The third kappa shape index (κ3) is 8.13. The van der Waals surface area contributed by atoms with Crippen molar-refractivity contribution in [2.45, 2.75) is 46.0 Å². The number of hydrogen-bond donors (Lipinski definition) is 2. The van der Waals surface area contributed by atoms with Gasteiger partial charge in [0.15, 0.2) is 0 Å². The lowest BCUT2D eigenvalue weighted by molar-refractivity contribution is 0.0925. The molecule has 0 fully saturated rings. The number of nitrogens with one attached hydrogen (secondary N) is 2. The number of anilines is 1. The smallest absolute Gasteiger partial charge is 0.319 e. The van der Waals surface area contributed by atoms with E-state index in [1.807, 2.05) is 42.5 Å². The lowest BCUT2D eigenvalue weighted by Crippen LogP contribution is -2.30. The minimum atomic E-state index is -0.179. The molecule has 1 unspecified atom stereocenters. The van der Waals surface area contributed by atoms with Crippen LogP contribution in [-0.4, -0.2) is 25.8 Å². The van der Waals surface area contributed by atoms with E-state index in [-0.39, 0.29) is 6.03 Å². The van der Waals surface area contributed by atoms with E-state index >= 15 is 0 Å². The van der Waals surface area contributed by atoms with Gasteiger partial charge in [-0.05, 0) is 42.0 Å². The van der Waals surface area contributed by atoms with E-state index in [4.69, 9.17) is 4.74 Å². The first-order valence-corrected chi connectivity index (χ1v) is 10.5. The number of carbonyl (C=O) groups excluding carboxylic acids is 1. The van der Waals surface area contributed by atoms with E-state index in [1.165, 1.54) is 31.2 Å². The fourth-order valence-corrected chi connectivity index (χ4v) is 3.08. The summed E-state index contributed by atoms with van der Waals surface area (Å²) in [4.78, 5) is 12.0. The second-order valence-corrected chi connectivity index (χ2v) is 7.17. The maximum absolute atomic E-state index is 12.0. The van der Waals surface area contributed by atoms with Crippen molar-refractivity contribution in [3.63, 3.8) is 0 Å². The molecule has 4 heteroatoms. The van der Waals surface area contributed by atoms with Crippen LogP contribution in [-0.2, 0) is 4.74 Å². The third-order valence-electron chi connectivity index (χ3n) is 4.90. The Hall–Kier alpha value is -2.33. The first-order valence-electron chi connectivity index (χ1n) is 10.5. The highest BCUT2D eigenvalue weighted by Crippen LogP contribution is 2.20. The van der Waals surface area contributed by atoms with E-state index < -0.39 is 0 Å². The third-order valence-corrected chi connectivity index (χ3v) is 4.90. The highest BCUT2D eigenvalue weighted by atomic mass is 16.5. The van der Waals surface area contributed by atoms with Crippen LogP contribution in [0, 0.1) is 5.92 Å². The number of rotatable bonds is 12. The van der Waals surface area contributed by atoms with Crippen molar-refractivity contribution in [2.75, 3.05) is 25.1 Å². The summed E-state index contributed by atoms with van der Waals surface area (Å²) in [6, 6.07) is 17.9. The van der Waals surface area contributed by atoms with E-state index in [0.29, 0.717) is 19.1 Å². The molecule has 0 bridgehead atoms. The van der Waals surface area contributed by atoms with E-state index in [0.717, 1.165) is 24.3 Å². The zero-order chi connectivity index (χ0) is 20.0. The maximum Gasteiger partial charge on any atom is 0.319 e. The van der Waals surface area contributed by atoms with Crippen LogP contribution >= 0.6 is 0 Å². The fraction of sp³-hybridized carbons (Fsp3) is 0.458. The van der Waals surface area contributed by atoms with Gasteiger partial charge in [0.05, 0.1) is 0 Å². The number of amides is 2. The molecule has 0 heterocycles. The Kier molecular flexibility index (Phi) is 10.2. The summed E-state index contributed by atoms with van der Waals surface area (Å²) in [6.07, 6.45) is 5.76. The normalized spacial score (nSPS) is 11.8. The lowest BCUT2D eigenvalue weighted by atomic mass is 10.0. The minimum Gasteiger partial charge on any atom is -0.381 e. The van der Waals surface area contributed by atoms with Crippen molar-refractivity contribution >= 4 is 11.7 Å². The molecule has 0 spiro atoms. The molecular weight excluding hydrogens is 348 g/mol. The van der Waals surface area contributed by atoms with Crippen LogP contribution in [0.15, 0.2) is 54.6 Å². The van der Waals surface area contributed by atoms with Crippen LogP contribution in [0.3, 0.4) is 0 Å². The first kappa shape index (κ1) is 22.0. The first-order chi connectivity index (χ1) is 13.7. The van der Waals surface area contributed by atoms with E-state index in [2.05, 4.69) is 36.6 Å². The Morgan fingerprint density at radius 2 is 1.68 bits per heavy atom. The fourth-order valence-electron chi connectivity index (χ4n) is 3.08. The van der Waals surface area contributed by atoms with Crippen molar-refractivity contribution < 1.29 is 9.53 Å². The van der Waals surface area contributed by atoms with Crippen LogP contribution in [0.25, 0.3) is 11.1 Å². The lowest BCUT2D eigenvalue weighted by Gasteiger charge is -2.14. The molecule has 2 amide bonds. The zero-order valence-electron chi connectivity index (χ0n) is 17.2. The standard InChI is InChI=1S/C24H34N2O2/c1-3-5-10-20(4-2)19-28-18-9-17-25-24(27)26-23-15-13-22(14-16-23)21-11-7-6-8-12-21/h6-8,11-16,20H,3-5,9-10,17-19H2,1-2H3,(H2,25,26,27). The van der Waals surface area contributed by atoms with Crippen molar-refractivity contribution in [3.05, 3.63) is 54.6 Å². The molecule has 0 aromatic heterocycles. The van der Waals surface area contributed by atoms with E-state index in [9.17, 15) is 4.79 Å². The van der Waals surface area contributed by atoms with Gasteiger partial charge in [-0.15, -0.1) is 0 Å². The van der Waals surface area contributed by atoms with Gasteiger partial charge < -0.3 is 15.4 Å². The quantitative estimate of drug-likeness (QED) is 0.436. The second-order valence-electron chi connectivity index (χ2n) is 7.17. The molecule has 1 atom stereocenters. The monoisotopic (exact) mass is 382 g/mol. The summed E-state index contributed by atoms with van der Waals surface area (Å²) in [5.74, 6) is 0.662. The molecule has 0 aliphatic rings. The van der Waals surface area contributed by atoms with Crippen molar-refractivity contribution in [1.82, 2.24) is 5.32 Å². The number of ether oxygens (including phenoxy) is 1. The van der Waals surface area contributed by atoms with Crippen LogP contribution in [0.4, 0.5) is 10.5 Å². The number of hydrogen-bond acceptors (Lipinski definition) is 2. The van der Waals surface area contributed by atoms with Crippen LogP contribution in [0.2, 0.25) is 0 Å². The molecular formula is C24H34N2O2. The number of benzene rings is 2. The number of urea groups is 1. The molecule has 152 valence electrons. The zero-order valence-corrected chi connectivity index (χ0v) is 17.2. The van der Waals surface area contributed by atoms with Gasteiger partial charge in [-0.3, -0.25) is 0 Å². The van der Waals surface area contributed by atoms with Gasteiger partial charge in [-0.25, -0.2) is 4.79 Å². The molecule has 2 aromatic rings. The van der Waals surface area contributed by atoms with Crippen LogP contribution < -0.4 is 10.6 Å². The van der Waals surface area contributed by atoms with Gasteiger partial charge in [0.2, 0.25) is 0 Å². The topological polar surface area (TPSA) is 50.4 Å². The summed E-state index contributed by atoms with van der Waals surface area (Å²) in [6.45, 7) is 6.58. The average Bonchev–Trinajstić information content (AvgIpc) is 2.74. The van der Waals surface area contributed by atoms with Gasteiger partial charge in [0.1, 0.15) is 0 Å². The summed E-state index contributed by atoms with van der Waals surface area (Å²) in [5, 5.41) is 5.75. The second kappa shape index (κ2) is 12.9. The highest BCUT2D eigenvalue weighted by Gasteiger charge is 2.06. The van der Waals surface area contributed by atoms with Crippen molar-refractivity contribution in [1.29, 1.82) is 0 Å². The largest absolute Gasteiger partial charge is 0.381 e. The number of unbranched alkanes of at least 4 members (excludes halogenated alkanes) is 1. The molecule has 2 N–H and O–H groups in total. The molecule has 0 aliphatic heterocycles. The van der Waals surface area contributed by atoms with Crippen LogP contribution in [0.1, 0.15) is 46.0 Å². The summed E-state index contributed by atoms with van der Waals surface area (Å²) in [5.41, 5.74) is 3.08. The average molecular weight is 383 g/mol. The summed E-state index contributed by atoms with van der Waals surface area (Å²) >= 11 is 0. The van der Waals surface area contributed by atoms with Gasteiger partial charge in [-0.1, -0.05) is 75.6 Å². The van der Waals surface area contributed by atoms with E-state index in [1.54, 1.807) is 0 Å². The Balaban J connectivity index is 1.61. The Morgan fingerprint density at radius 3 is 2.36 bits per heavy atom. The van der Waals surface area contributed by atoms with Crippen LogP contribution in [0.5, 0.6) is 0 Å². The van der Waals surface area contributed by atoms with Crippen molar-refractivity contribution in [3.8, 4) is 11.1 Å². The number of carbonyl (C=O) groups is 1. The maximum atomic E-state index is 12.0. The predicted molar refractivity (Wildman–Crippen MR) is 118 cm³/mol. The molecule has 0 saturated heterocycles. The van der Waals surface area contributed by atoms with Gasteiger partial charge in [0, 0.05) is 25.4 Å². The molecule has 2 rings (SSSR count). The Bertz CT molecular complexity index is 671. The Morgan fingerprint density at radius 1 is 0.964 bits per heavy atom. The molecule has 0 aliphatic carbocycles.